The van der Waals surface area contributed by atoms with E-state index < -0.39 is 0 Å². The number of fused-ring (bicyclic) bond motifs is 1. The van der Waals surface area contributed by atoms with Crippen molar-refractivity contribution in [1.82, 2.24) is 9.88 Å². The summed E-state index contributed by atoms with van der Waals surface area (Å²) >= 11 is 0. The van der Waals surface area contributed by atoms with Crippen LogP contribution < -0.4 is 0 Å². The number of pyridine rings is 1. The fraction of sp³-hybridized carbons (Fsp3) is 0.316. The number of nitrogens with zero attached hydrogens (tertiary/aromatic N) is 4. The van der Waals surface area contributed by atoms with E-state index in [0.717, 1.165) is 36.1 Å². The van der Waals surface area contributed by atoms with Gasteiger partial charge in [0.05, 0.1) is 6.04 Å². The Morgan fingerprint density at radius 1 is 1.21 bits per heavy atom. The largest absolute Gasteiger partial charge is 0.508 e. The molecule has 24 heavy (non-hydrogen) atoms. The second-order valence-corrected chi connectivity index (χ2v) is 5.92. The van der Waals surface area contributed by atoms with Crippen LogP contribution in [0.1, 0.15) is 41.4 Å². The molecule has 1 aliphatic carbocycles. The Labute approximate surface area is 141 Å². The number of aromatic hydroxyl groups is 1. The highest BCUT2D eigenvalue weighted by atomic mass is 16.3. The first-order valence-electron chi connectivity index (χ1n) is 8.06. The fourth-order valence-corrected chi connectivity index (χ4v) is 3.26. The number of phenolic OH excluding ortho intramolecular Hbond substituents is 1. The first-order chi connectivity index (χ1) is 11.7. The molecule has 1 heterocycles. The predicted octanol–water partition coefficient (Wildman–Crippen LogP) is 3.06. The van der Waals surface area contributed by atoms with Crippen molar-refractivity contribution in [2.75, 3.05) is 6.54 Å². The Bertz CT molecular complexity index is 819. The molecule has 0 fully saturated rings. The topological polar surface area (TPSA) is 83.9 Å². The summed E-state index contributed by atoms with van der Waals surface area (Å²) in [6.45, 7) is 0.540. The van der Waals surface area contributed by atoms with E-state index in [1.165, 1.54) is 0 Å². The Balaban J connectivity index is 1.79. The molecule has 5 nitrogen and oxygen atoms in total. The molecule has 0 amide bonds. The third-order valence-electron chi connectivity index (χ3n) is 4.49. The average molecular weight is 318 g/mol. The number of hydrogen-bond acceptors (Lipinski definition) is 5. The quantitative estimate of drug-likeness (QED) is 0.692. The maximum atomic E-state index is 9.88. The van der Waals surface area contributed by atoms with Crippen LogP contribution in [0, 0.1) is 22.8 Å². The molecule has 0 radical (unpaired) electrons. The van der Waals surface area contributed by atoms with Crippen molar-refractivity contribution in [3.8, 4) is 18.0 Å². The van der Waals surface area contributed by atoms with Crippen LogP contribution in [0.4, 0.5) is 0 Å². The summed E-state index contributed by atoms with van der Waals surface area (Å²) in [6.07, 6.45) is 5.59. The molecular formula is C19H18N4O. The molecule has 1 N–H and O–H groups in total. The molecule has 1 atom stereocenters. The van der Waals surface area contributed by atoms with Crippen LogP contribution in [0.5, 0.6) is 5.75 Å². The molecule has 0 spiro atoms. The number of rotatable bonds is 4. The smallest absolute Gasteiger partial charge is 0.179 e. The van der Waals surface area contributed by atoms with Crippen molar-refractivity contribution in [2.45, 2.75) is 31.7 Å². The number of nitriles is 2. The second kappa shape index (κ2) is 7.02. The van der Waals surface area contributed by atoms with E-state index in [4.69, 9.17) is 5.26 Å². The van der Waals surface area contributed by atoms with Crippen molar-refractivity contribution >= 4 is 0 Å². The SMILES string of the molecule is N#Cc1ccc2c(n1)CCC[C@@H]2N(C#N)CCc1ccccc1O. The van der Waals surface area contributed by atoms with Crippen LogP contribution in [-0.2, 0) is 12.8 Å². The summed E-state index contributed by atoms with van der Waals surface area (Å²) in [4.78, 5) is 6.16. The van der Waals surface area contributed by atoms with Gasteiger partial charge in [-0.15, -0.1) is 0 Å². The van der Waals surface area contributed by atoms with Crippen LogP contribution in [0.25, 0.3) is 0 Å². The Morgan fingerprint density at radius 2 is 2.04 bits per heavy atom. The van der Waals surface area contributed by atoms with E-state index in [9.17, 15) is 10.4 Å². The molecule has 0 saturated carbocycles. The fourth-order valence-electron chi connectivity index (χ4n) is 3.26. The Kier molecular flexibility index (Phi) is 4.63. The van der Waals surface area contributed by atoms with Crippen LogP contribution in [0.2, 0.25) is 0 Å². The maximum Gasteiger partial charge on any atom is 0.179 e. The van der Waals surface area contributed by atoms with Gasteiger partial charge in [-0.1, -0.05) is 24.3 Å². The van der Waals surface area contributed by atoms with Crippen LogP contribution in [0.15, 0.2) is 36.4 Å². The maximum absolute atomic E-state index is 9.88. The minimum Gasteiger partial charge on any atom is -0.508 e. The normalized spacial score (nSPS) is 15.8. The predicted molar refractivity (Wildman–Crippen MR) is 88.8 cm³/mol. The van der Waals surface area contributed by atoms with Gasteiger partial charge in [-0.05, 0) is 48.9 Å². The Hall–Kier alpha value is -3.05. The van der Waals surface area contributed by atoms with E-state index in [0.29, 0.717) is 18.7 Å². The van der Waals surface area contributed by atoms with Gasteiger partial charge in [0.25, 0.3) is 0 Å². The second-order valence-electron chi connectivity index (χ2n) is 5.92. The first-order valence-corrected chi connectivity index (χ1v) is 8.06. The van der Waals surface area contributed by atoms with E-state index in [2.05, 4.69) is 17.2 Å². The molecule has 120 valence electrons. The highest BCUT2D eigenvalue weighted by Crippen LogP contribution is 2.33. The first kappa shape index (κ1) is 15.8. The molecule has 1 aromatic carbocycles. The highest BCUT2D eigenvalue weighted by molar-refractivity contribution is 5.34. The monoisotopic (exact) mass is 318 g/mol. The summed E-state index contributed by atoms with van der Waals surface area (Å²) in [6, 6.07) is 12.9. The minimum absolute atomic E-state index is 0.00940. The summed E-state index contributed by atoms with van der Waals surface area (Å²) in [5.41, 5.74) is 3.23. The number of phenols is 1. The molecule has 1 aromatic heterocycles. The Morgan fingerprint density at radius 3 is 2.79 bits per heavy atom. The lowest BCUT2D eigenvalue weighted by Gasteiger charge is -2.31. The van der Waals surface area contributed by atoms with E-state index >= 15 is 0 Å². The number of para-hydroxylation sites is 1. The number of aromatic nitrogens is 1. The van der Waals surface area contributed by atoms with Gasteiger partial charge >= 0.3 is 0 Å². The van der Waals surface area contributed by atoms with Crippen molar-refractivity contribution in [1.29, 1.82) is 10.5 Å². The van der Waals surface area contributed by atoms with Crippen molar-refractivity contribution in [2.24, 2.45) is 0 Å². The average Bonchev–Trinajstić information content (AvgIpc) is 2.63. The summed E-state index contributed by atoms with van der Waals surface area (Å²) in [7, 11) is 0. The number of benzene rings is 1. The number of aryl methyl sites for hydroxylation is 1. The molecular weight excluding hydrogens is 300 g/mol. The van der Waals surface area contributed by atoms with Crippen LogP contribution >= 0.6 is 0 Å². The lowest BCUT2D eigenvalue weighted by Crippen LogP contribution is -2.29. The summed E-state index contributed by atoms with van der Waals surface area (Å²) in [5.74, 6) is 0.264. The van der Waals surface area contributed by atoms with Crippen molar-refractivity contribution in [3.05, 3.63) is 58.9 Å². The molecule has 1 aliphatic rings. The molecule has 5 heteroatoms. The standard InChI is InChI=1S/C19H18N4O/c20-12-15-8-9-16-17(22-15)5-3-6-18(16)23(13-21)11-10-14-4-1-2-7-19(14)24/h1-2,4,7-9,18,24H,3,5-6,10-11H2/t18-/m0/s1. The van der Waals surface area contributed by atoms with Gasteiger partial charge < -0.3 is 10.0 Å². The van der Waals surface area contributed by atoms with Crippen LogP contribution in [-0.4, -0.2) is 21.5 Å². The minimum atomic E-state index is -0.00940. The summed E-state index contributed by atoms with van der Waals surface area (Å²) in [5, 5.41) is 28.5. The van der Waals surface area contributed by atoms with E-state index in [1.54, 1.807) is 23.1 Å². The lowest BCUT2D eigenvalue weighted by atomic mass is 9.90. The molecule has 0 aliphatic heterocycles. The van der Waals surface area contributed by atoms with Crippen molar-refractivity contribution < 1.29 is 5.11 Å². The molecule has 3 rings (SSSR count). The van der Waals surface area contributed by atoms with E-state index in [-0.39, 0.29) is 11.8 Å². The zero-order valence-electron chi connectivity index (χ0n) is 13.3. The number of hydrogen-bond donors (Lipinski definition) is 1. The van der Waals surface area contributed by atoms with Gasteiger partial charge in [0.1, 0.15) is 17.5 Å². The van der Waals surface area contributed by atoms with Gasteiger partial charge in [0.2, 0.25) is 0 Å². The molecule has 0 bridgehead atoms. The summed E-state index contributed by atoms with van der Waals surface area (Å²) < 4.78 is 0. The van der Waals surface area contributed by atoms with Gasteiger partial charge in [0.15, 0.2) is 6.19 Å². The van der Waals surface area contributed by atoms with Crippen LogP contribution in [0.3, 0.4) is 0 Å². The third-order valence-corrected chi connectivity index (χ3v) is 4.49. The molecule has 0 unspecified atom stereocenters. The zero-order valence-corrected chi connectivity index (χ0v) is 13.3. The van der Waals surface area contributed by atoms with Gasteiger partial charge in [0, 0.05) is 12.2 Å². The zero-order chi connectivity index (χ0) is 16.9. The van der Waals surface area contributed by atoms with Crippen molar-refractivity contribution in [3.63, 3.8) is 0 Å². The van der Waals surface area contributed by atoms with Gasteiger partial charge in [-0.25, -0.2) is 4.98 Å². The van der Waals surface area contributed by atoms with Gasteiger partial charge in [-0.2, -0.15) is 10.5 Å². The van der Waals surface area contributed by atoms with E-state index in [1.807, 2.05) is 18.2 Å². The molecule has 0 saturated heterocycles. The van der Waals surface area contributed by atoms with Gasteiger partial charge in [-0.3, -0.25) is 0 Å². The highest BCUT2D eigenvalue weighted by Gasteiger charge is 2.26. The lowest BCUT2D eigenvalue weighted by molar-refractivity contribution is 0.264. The third kappa shape index (κ3) is 3.16. The molecule has 2 aromatic rings.